The fourth-order valence-electron chi connectivity index (χ4n) is 2.05. The van der Waals surface area contributed by atoms with Gasteiger partial charge in [0.15, 0.2) is 0 Å². The summed E-state index contributed by atoms with van der Waals surface area (Å²) in [5, 5.41) is 8.91. The summed E-state index contributed by atoms with van der Waals surface area (Å²) in [4.78, 5) is 12.8. The lowest BCUT2D eigenvalue weighted by Crippen LogP contribution is -2.52. The van der Waals surface area contributed by atoms with Crippen molar-refractivity contribution in [3.05, 3.63) is 29.8 Å². The second kappa shape index (κ2) is 5.19. The Labute approximate surface area is 101 Å². The van der Waals surface area contributed by atoms with E-state index in [1.54, 1.807) is 7.11 Å². The van der Waals surface area contributed by atoms with E-state index in [1.807, 2.05) is 29.2 Å². The number of ether oxygens (including phenoxy) is 1. The van der Waals surface area contributed by atoms with E-state index in [0.717, 1.165) is 31.7 Å². The Morgan fingerprint density at radius 2 is 2.18 bits per heavy atom. The molecule has 0 radical (unpaired) electrons. The first-order chi connectivity index (χ1) is 8.20. The number of carboxylic acid groups (broad SMARTS) is 1. The molecule has 0 spiro atoms. The molecule has 1 heterocycles. The Hall–Kier alpha value is -1.55. The van der Waals surface area contributed by atoms with Gasteiger partial charge in [-0.3, -0.25) is 9.69 Å². The van der Waals surface area contributed by atoms with Gasteiger partial charge in [-0.15, -0.1) is 0 Å². The molecule has 1 aromatic rings. The Balaban J connectivity index is 1.83. The monoisotopic (exact) mass is 235 g/mol. The summed E-state index contributed by atoms with van der Waals surface area (Å²) in [7, 11) is 1.65. The van der Waals surface area contributed by atoms with Crippen molar-refractivity contribution in [1.29, 1.82) is 0 Å². The normalized spacial score (nSPS) is 19.7. The molecule has 1 N–H and O–H groups in total. The van der Waals surface area contributed by atoms with Crippen LogP contribution in [-0.4, -0.2) is 42.2 Å². The third-order valence-electron chi connectivity index (χ3n) is 3.26. The molecule has 92 valence electrons. The summed E-state index contributed by atoms with van der Waals surface area (Å²) >= 11 is 0. The number of aliphatic carboxylic acids is 1. The van der Waals surface area contributed by atoms with Crippen molar-refractivity contribution >= 4 is 5.97 Å². The smallest absolute Gasteiger partial charge is 0.320 e. The molecule has 1 aliphatic rings. The maximum Gasteiger partial charge on any atom is 0.320 e. The maximum absolute atomic E-state index is 10.8. The van der Waals surface area contributed by atoms with Gasteiger partial charge >= 0.3 is 5.97 Å². The predicted molar refractivity (Wildman–Crippen MR) is 64.3 cm³/mol. The molecule has 1 unspecified atom stereocenters. The summed E-state index contributed by atoms with van der Waals surface area (Å²) in [5.74, 6) is 0.145. The highest BCUT2D eigenvalue weighted by molar-refractivity contribution is 5.74. The van der Waals surface area contributed by atoms with Gasteiger partial charge in [-0.2, -0.15) is 0 Å². The number of methoxy groups -OCH3 is 1. The third kappa shape index (κ3) is 2.77. The fraction of sp³-hybridized carbons (Fsp3) is 0.462. The first kappa shape index (κ1) is 11.9. The zero-order valence-corrected chi connectivity index (χ0v) is 9.93. The quantitative estimate of drug-likeness (QED) is 0.838. The van der Waals surface area contributed by atoms with Crippen LogP contribution in [0.2, 0.25) is 0 Å². The molecule has 4 heteroatoms. The van der Waals surface area contributed by atoms with Gasteiger partial charge in [-0.1, -0.05) is 12.1 Å². The summed E-state index contributed by atoms with van der Waals surface area (Å²) < 4.78 is 5.09. The van der Waals surface area contributed by atoms with E-state index in [4.69, 9.17) is 9.84 Å². The first-order valence-electron chi connectivity index (χ1n) is 5.80. The van der Waals surface area contributed by atoms with E-state index in [-0.39, 0.29) is 6.04 Å². The van der Waals surface area contributed by atoms with Gasteiger partial charge in [0, 0.05) is 13.1 Å². The van der Waals surface area contributed by atoms with Gasteiger partial charge in [0.05, 0.1) is 7.11 Å². The van der Waals surface area contributed by atoms with E-state index in [2.05, 4.69) is 0 Å². The minimum atomic E-state index is -0.703. The van der Waals surface area contributed by atoms with Crippen LogP contribution >= 0.6 is 0 Å². The van der Waals surface area contributed by atoms with Crippen molar-refractivity contribution in [1.82, 2.24) is 4.90 Å². The van der Waals surface area contributed by atoms with Gasteiger partial charge in [0.25, 0.3) is 0 Å². The summed E-state index contributed by atoms with van der Waals surface area (Å²) in [6.45, 7) is 1.70. The third-order valence-corrected chi connectivity index (χ3v) is 3.26. The molecular weight excluding hydrogens is 218 g/mol. The Morgan fingerprint density at radius 3 is 2.65 bits per heavy atom. The minimum Gasteiger partial charge on any atom is -0.497 e. The average molecular weight is 235 g/mol. The molecule has 4 nitrogen and oxygen atoms in total. The van der Waals surface area contributed by atoms with Gasteiger partial charge < -0.3 is 9.84 Å². The van der Waals surface area contributed by atoms with Gasteiger partial charge in [-0.05, 0) is 30.5 Å². The molecule has 2 rings (SSSR count). The number of hydrogen-bond donors (Lipinski definition) is 1. The number of rotatable bonds is 5. The van der Waals surface area contributed by atoms with Crippen molar-refractivity contribution < 1.29 is 14.6 Å². The standard InChI is InChI=1S/C13H17NO3/c1-17-11-4-2-10(3-5-11)6-8-14-9-7-12(14)13(15)16/h2-5,12H,6-9H2,1H3,(H,15,16). The summed E-state index contributed by atoms with van der Waals surface area (Å²) in [6.07, 6.45) is 1.66. The SMILES string of the molecule is COc1ccc(CCN2CCC2C(=O)O)cc1. The molecule has 1 aromatic carbocycles. The van der Waals surface area contributed by atoms with Crippen LogP contribution in [0.3, 0.4) is 0 Å². The highest BCUT2D eigenvalue weighted by Gasteiger charge is 2.33. The van der Waals surface area contributed by atoms with Gasteiger partial charge in [0.2, 0.25) is 0 Å². The van der Waals surface area contributed by atoms with Crippen LogP contribution in [0.4, 0.5) is 0 Å². The molecule has 1 atom stereocenters. The van der Waals surface area contributed by atoms with Crippen LogP contribution < -0.4 is 4.74 Å². The minimum absolute atomic E-state index is 0.270. The van der Waals surface area contributed by atoms with Crippen molar-refractivity contribution in [3.8, 4) is 5.75 Å². The molecule has 0 saturated carbocycles. The van der Waals surface area contributed by atoms with E-state index in [0.29, 0.717) is 0 Å². The Morgan fingerprint density at radius 1 is 1.47 bits per heavy atom. The maximum atomic E-state index is 10.8. The molecule has 0 aliphatic carbocycles. The van der Waals surface area contributed by atoms with Crippen LogP contribution in [0.1, 0.15) is 12.0 Å². The van der Waals surface area contributed by atoms with E-state index < -0.39 is 5.97 Å². The zero-order valence-electron chi connectivity index (χ0n) is 9.93. The molecule has 0 bridgehead atoms. The Bertz CT molecular complexity index is 388. The molecule has 1 saturated heterocycles. The highest BCUT2D eigenvalue weighted by Crippen LogP contribution is 2.18. The van der Waals surface area contributed by atoms with Crippen molar-refractivity contribution in [2.45, 2.75) is 18.9 Å². The van der Waals surface area contributed by atoms with Gasteiger partial charge in [0.1, 0.15) is 11.8 Å². The number of likely N-dealkylation sites (tertiary alicyclic amines) is 1. The first-order valence-corrected chi connectivity index (χ1v) is 5.80. The van der Waals surface area contributed by atoms with Crippen LogP contribution in [0.15, 0.2) is 24.3 Å². The van der Waals surface area contributed by atoms with Crippen LogP contribution in [0, 0.1) is 0 Å². The lowest BCUT2D eigenvalue weighted by atomic mass is 10.0. The number of nitrogens with zero attached hydrogens (tertiary/aromatic N) is 1. The second-order valence-electron chi connectivity index (χ2n) is 4.28. The summed E-state index contributed by atoms with van der Waals surface area (Å²) in [6, 6.07) is 7.64. The molecule has 1 aliphatic heterocycles. The Kier molecular flexibility index (Phi) is 3.64. The van der Waals surface area contributed by atoms with Gasteiger partial charge in [-0.25, -0.2) is 0 Å². The molecule has 0 amide bonds. The predicted octanol–water partition coefficient (Wildman–Crippen LogP) is 1.40. The number of benzene rings is 1. The fourth-order valence-corrected chi connectivity index (χ4v) is 2.05. The van der Waals surface area contributed by atoms with Crippen LogP contribution in [0.5, 0.6) is 5.75 Å². The number of carboxylic acids is 1. The average Bonchev–Trinajstić information content (AvgIpc) is 2.28. The molecular formula is C13H17NO3. The lowest BCUT2D eigenvalue weighted by molar-refractivity contribution is -0.148. The van der Waals surface area contributed by atoms with Crippen LogP contribution in [-0.2, 0) is 11.2 Å². The number of hydrogen-bond acceptors (Lipinski definition) is 3. The molecule has 1 fully saturated rings. The van der Waals surface area contributed by atoms with Crippen LogP contribution in [0.25, 0.3) is 0 Å². The number of carbonyl (C=O) groups is 1. The molecule has 17 heavy (non-hydrogen) atoms. The largest absolute Gasteiger partial charge is 0.497 e. The van der Waals surface area contributed by atoms with Crippen molar-refractivity contribution in [2.24, 2.45) is 0 Å². The lowest BCUT2D eigenvalue weighted by Gasteiger charge is -2.37. The summed E-state index contributed by atoms with van der Waals surface area (Å²) in [5.41, 5.74) is 1.21. The second-order valence-corrected chi connectivity index (χ2v) is 4.28. The highest BCUT2D eigenvalue weighted by atomic mass is 16.5. The topological polar surface area (TPSA) is 49.8 Å². The van der Waals surface area contributed by atoms with E-state index in [1.165, 1.54) is 5.56 Å². The van der Waals surface area contributed by atoms with Crippen molar-refractivity contribution in [2.75, 3.05) is 20.2 Å². The zero-order chi connectivity index (χ0) is 12.3. The van der Waals surface area contributed by atoms with Crippen molar-refractivity contribution in [3.63, 3.8) is 0 Å². The van der Waals surface area contributed by atoms with E-state index >= 15 is 0 Å². The van der Waals surface area contributed by atoms with E-state index in [9.17, 15) is 4.79 Å². The molecule has 0 aromatic heterocycles.